The molecule has 12 heteroatoms. The molecular formula is C58H63N3O8Si. The van der Waals surface area contributed by atoms with Crippen molar-refractivity contribution in [3.63, 3.8) is 0 Å². The Balaban J connectivity index is 1.57. The Bertz CT molecular complexity index is 3160. The molecule has 70 heavy (non-hydrogen) atoms. The van der Waals surface area contributed by atoms with Crippen LogP contribution in [-0.2, 0) is 29.2 Å². The van der Waals surface area contributed by atoms with E-state index in [1.165, 1.54) is 0 Å². The largest absolute Gasteiger partial charge is 0.497 e. The SMILES string of the molecule is COCOc1cccc2c3c4c(-c5ccc(OC(C)C)cc5)c(C(=O)c5ccc(OC)cc5)n(CCc5ccc(OC(C)C)cc5)c4c(-c4ccc(OC)cc4)c(C#N)c3n(COCC[Si](C)(C)C)c12. The molecule has 0 aliphatic heterocycles. The second kappa shape index (κ2) is 21.3. The van der Waals surface area contributed by atoms with Crippen LogP contribution in [0, 0.1) is 11.3 Å². The van der Waals surface area contributed by atoms with Crippen LogP contribution in [0.15, 0.2) is 115 Å². The van der Waals surface area contributed by atoms with E-state index in [0.717, 1.165) is 61.2 Å². The van der Waals surface area contributed by atoms with Crippen LogP contribution in [0.2, 0.25) is 25.7 Å². The van der Waals surface area contributed by atoms with E-state index in [9.17, 15) is 5.26 Å². The minimum atomic E-state index is -1.47. The first-order valence-electron chi connectivity index (χ1n) is 23.9. The molecule has 0 radical (unpaired) electrons. The molecule has 0 unspecified atom stereocenters. The molecule has 2 aromatic heterocycles. The predicted octanol–water partition coefficient (Wildman–Crippen LogP) is 13.3. The van der Waals surface area contributed by atoms with E-state index < -0.39 is 8.07 Å². The van der Waals surface area contributed by atoms with Crippen LogP contribution >= 0.6 is 0 Å². The van der Waals surface area contributed by atoms with Crippen LogP contribution in [0.3, 0.4) is 0 Å². The fourth-order valence-corrected chi connectivity index (χ4v) is 9.89. The van der Waals surface area contributed by atoms with E-state index in [1.54, 1.807) is 21.3 Å². The van der Waals surface area contributed by atoms with Crippen LogP contribution in [0.4, 0.5) is 0 Å². The zero-order valence-electron chi connectivity index (χ0n) is 42.0. The van der Waals surface area contributed by atoms with Gasteiger partial charge in [-0.15, -0.1) is 0 Å². The molecule has 11 nitrogen and oxygen atoms in total. The maximum absolute atomic E-state index is 15.9. The third-order valence-corrected chi connectivity index (χ3v) is 14.0. The van der Waals surface area contributed by atoms with Gasteiger partial charge in [0, 0.05) is 61.2 Å². The summed E-state index contributed by atoms with van der Waals surface area (Å²) in [5.41, 5.74) is 7.58. The van der Waals surface area contributed by atoms with Gasteiger partial charge in [-0.3, -0.25) is 4.79 Å². The molecule has 8 aromatic rings. The summed E-state index contributed by atoms with van der Waals surface area (Å²) in [4.78, 5) is 15.9. The van der Waals surface area contributed by atoms with Gasteiger partial charge in [-0.25, -0.2) is 0 Å². The average Bonchev–Trinajstić information content (AvgIpc) is 3.86. The molecule has 0 spiro atoms. The number of carbonyl (C=O) groups is 1. The van der Waals surface area contributed by atoms with Crippen molar-refractivity contribution in [2.24, 2.45) is 0 Å². The van der Waals surface area contributed by atoms with Crippen molar-refractivity contribution in [3.05, 3.63) is 138 Å². The predicted molar refractivity (Wildman–Crippen MR) is 282 cm³/mol. The van der Waals surface area contributed by atoms with Gasteiger partial charge in [0.2, 0.25) is 5.78 Å². The number of nitriles is 1. The van der Waals surface area contributed by atoms with Gasteiger partial charge in [0.15, 0.2) is 6.79 Å². The number of rotatable bonds is 21. The van der Waals surface area contributed by atoms with Gasteiger partial charge >= 0.3 is 0 Å². The molecule has 0 fully saturated rings. The summed E-state index contributed by atoms with van der Waals surface area (Å²) in [6.45, 7) is 16.1. The standard InChI is InChI=1S/C58H63N3O8Si/c1-37(2)68-45-22-14-39(15-23-45)30-31-60-56-50(40-16-24-43(64-6)25-17-40)48(34-59)55-52(47-12-11-13-49(67-36-63-5)54(47)61(55)35-66-32-33-70(8,9)10)53(56)51(41-18-28-46(29-19-41)69-38(3)4)57(60)58(62)42-20-26-44(65-7)27-21-42/h11-29,37-38H,30-33,35-36H2,1-10H3. The quantitative estimate of drug-likeness (QED) is 0.0300. The summed E-state index contributed by atoms with van der Waals surface area (Å²) in [7, 11) is 3.37. The zero-order valence-corrected chi connectivity index (χ0v) is 43.0. The molecule has 8 rings (SSSR count). The monoisotopic (exact) mass is 957 g/mol. The number of hydrogen-bond acceptors (Lipinski definition) is 9. The number of fused-ring (bicyclic) bond motifs is 5. The molecule has 2 heterocycles. The zero-order chi connectivity index (χ0) is 49.7. The number of hydrogen-bond donors (Lipinski definition) is 0. The van der Waals surface area contributed by atoms with Gasteiger partial charge in [-0.1, -0.05) is 68.2 Å². The molecule has 0 saturated carbocycles. The van der Waals surface area contributed by atoms with Gasteiger partial charge in [0.25, 0.3) is 0 Å². The summed E-state index contributed by atoms with van der Waals surface area (Å²) < 4.78 is 46.1. The third kappa shape index (κ3) is 10.3. The molecule has 0 aliphatic carbocycles. The van der Waals surface area contributed by atoms with Crippen molar-refractivity contribution in [2.75, 3.05) is 34.7 Å². The van der Waals surface area contributed by atoms with Crippen molar-refractivity contribution in [1.82, 2.24) is 9.13 Å². The first kappa shape index (κ1) is 49.4. The summed E-state index contributed by atoms with van der Waals surface area (Å²) in [5.74, 6) is 3.18. The fourth-order valence-electron chi connectivity index (χ4n) is 9.14. The van der Waals surface area contributed by atoms with Crippen LogP contribution in [0.5, 0.6) is 28.7 Å². The number of aryl methyl sites for hydroxylation is 2. The highest BCUT2D eigenvalue weighted by Crippen LogP contribution is 2.51. The highest BCUT2D eigenvalue weighted by Gasteiger charge is 2.34. The third-order valence-electron chi connectivity index (χ3n) is 12.3. The fraction of sp³-hybridized carbons (Fsp3) is 0.310. The highest BCUT2D eigenvalue weighted by molar-refractivity contribution is 6.76. The minimum absolute atomic E-state index is 0.00620. The van der Waals surface area contributed by atoms with E-state index in [2.05, 4.69) is 53.0 Å². The topological polar surface area (TPSA) is 115 Å². The Morgan fingerprint density at radius 3 is 1.79 bits per heavy atom. The molecular weight excluding hydrogens is 895 g/mol. The molecule has 0 saturated heterocycles. The number of benzene rings is 6. The Labute approximate surface area is 412 Å². The van der Waals surface area contributed by atoms with Crippen LogP contribution < -0.4 is 23.7 Å². The Morgan fingerprint density at radius 1 is 0.657 bits per heavy atom. The summed E-state index contributed by atoms with van der Waals surface area (Å²) in [5, 5.41) is 14.2. The van der Waals surface area contributed by atoms with Crippen molar-refractivity contribution >= 4 is 46.6 Å². The summed E-state index contributed by atoms with van der Waals surface area (Å²) in [6, 6.07) is 40.7. The van der Waals surface area contributed by atoms with Gasteiger partial charge in [0.05, 0.1) is 54.2 Å². The van der Waals surface area contributed by atoms with Crippen molar-refractivity contribution in [1.29, 1.82) is 5.26 Å². The first-order chi connectivity index (χ1) is 33.7. The van der Waals surface area contributed by atoms with Gasteiger partial charge < -0.3 is 42.3 Å². The molecule has 0 bridgehead atoms. The highest BCUT2D eigenvalue weighted by atomic mass is 28.3. The molecule has 0 amide bonds. The first-order valence-corrected chi connectivity index (χ1v) is 27.6. The Morgan fingerprint density at radius 2 is 1.23 bits per heavy atom. The lowest BCUT2D eigenvalue weighted by Gasteiger charge is -2.18. The number of carbonyl (C=O) groups excluding carboxylic acids is 1. The number of methoxy groups -OCH3 is 3. The van der Waals surface area contributed by atoms with E-state index >= 15 is 4.79 Å². The smallest absolute Gasteiger partial charge is 0.210 e. The van der Waals surface area contributed by atoms with Gasteiger partial charge in [-0.2, -0.15) is 5.26 Å². The molecule has 6 aromatic carbocycles. The summed E-state index contributed by atoms with van der Waals surface area (Å²) in [6.07, 6.45) is 0.537. The maximum Gasteiger partial charge on any atom is 0.210 e. The lowest BCUT2D eigenvalue weighted by molar-refractivity contribution is 0.0512. The lowest BCUT2D eigenvalue weighted by atomic mass is 9.90. The second-order valence-corrected chi connectivity index (χ2v) is 24.8. The Kier molecular flexibility index (Phi) is 15.0. The number of aromatic nitrogens is 2. The normalized spacial score (nSPS) is 11.8. The number of ether oxygens (including phenoxy) is 7. The van der Waals surface area contributed by atoms with Crippen molar-refractivity contribution in [3.8, 4) is 57.1 Å². The molecule has 0 aliphatic rings. The average molecular weight is 958 g/mol. The van der Waals surface area contributed by atoms with Gasteiger partial charge in [-0.05, 0) is 124 Å². The van der Waals surface area contributed by atoms with Crippen LogP contribution in [0.1, 0.15) is 54.9 Å². The van der Waals surface area contributed by atoms with E-state index in [1.807, 2.05) is 125 Å². The van der Waals surface area contributed by atoms with Crippen LogP contribution in [0.25, 0.3) is 55.0 Å². The number of para-hydroxylation sites is 1. The van der Waals surface area contributed by atoms with Gasteiger partial charge in [0.1, 0.15) is 41.5 Å². The molecule has 0 atom stereocenters. The lowest BCUT2D eigenvalue weighted by Crippen LogP contribution is -2.22. The molecule has 362 valence electrons. The Hall–Kier alpha value is -7.04. The maximum atomic E-state index is 15.9. The minimum Gasteiger partial charge on any atom is -0.497 e. The second-order valence-electron chi connectivity index (χ2n) is 19.2. The van der Waals surface area contributed by atoms with Crippen molar-refractivity contribution < 1.29 is 38.0 Å². The number of ketones is 1. The van der Waals surface area contributed by atoms with E-state index in [0.29, 0.717) is 70.5 Å². The van der Waals surface area contributed by atoms with Crippen molar-refractivity contribution in [2.45, 2.75) is 85.3 Å². The van der Waals surface area contributed by atoms with E-state index in [4.69, 9.17) is 33.2 Å². The number of nitrogens with zero attached hydrogens (tertiary/aromatic N) is 3. The van der Waals surface area contributed by atoms with E-state index in [-0.39, 0.29) is 31.5 Å². The molecule has 0 N–H and O–H groups in total. The van der Waals surface area contributed by atoms with Crippen LogP contribution in [-0.4, -0.2) is 69.9 Å². The summed E-state index contributed by atoms with van der Waals surface area (Å²) >= 11 is 0.